The second-order valence-electron chi connectivity index (χ2n) is 28.6. The van der Waals surface area contributed by atoms with Crippen molar-refractivity contribution in [2.45, 2.75) is 186 Å². The fraction of sp³-hybridized carbons (Fsp3) is 0.474. The van der Waals surface area contributed by atoms with E-state index >= 15 is 0 Å². The minimum Gasteiger partial charge on any atom is -0.481 e. The Labute approximate surface area is 595 Å². The number of primary amides is 1. The number of rotatable bonds is 16. The zero-order valence-electron chi connectivity index (χ0n) is 60.2. The smallest absolute Gasteiger partial charge is 0.414 e. The van der Waals surface area contributed by atoms with E-state index in [2.05, 4.69) is 67.0 Å². The molecular weight excluding hydrogens is 1290 g/mol. The summed E-state index contributed by atoms with van der Waals surface area (Å²) in [6.07, 6.45) is 13.8. The normalized spacial score (nSPS) is 20.4. The highest BCUT2D eigenvalue weighted by Crippen LogP contribution is 2.43. The lowest BCUT2D eigenvalue weighted by Crippen LogP contribution is -2.42. The Morgan fingerprint density at radius 3 is 1.45 bits per heavy atom. The minimum atomic E-state index is -0.748. The second-order valence-corrected chi connectivity index (χ2v) is 28.6. The van der Waals surface area contributed by atoms with Crippen molar-refractivity contribution in [2.75, 3.05) is 62.8 Å². The third-order valence-corrected chi connectivity index (χ3v) is 21.0. The zero-order valence-corrected chi connectivity index (χ0v) is 60.2. The van der Waals surface area contributed by atoms with Crippen molar-refractivity contribution >= 4 is 80.3 Å². The fourth-order valence-electron chi connectivity index (χ4n) is 16.0. The van der Waals surface area contributed by atoms with Crippen molar-refractivity contribution < 1.29 is 53.1 Å². The summed E-state index contributed by atoms with van der Waals surface area (Å²) >= 11 is 0. The highest BCUT2D eigenvalue weighted by molar-refractivity contribution is 5.98. The van der Waals surface area contributed by atoms with E-state index in [-0.39, 0.29) is 54.4 Å². The number of methoxy groups -OCH3 is 3. The summed E-state index contributed by atoms with van der Waals surface area (Å²) in [6.45, 7) is 13.1. The molecule has 9 aromatic rings. The number of hydrogen-bond donors (Lipinski definition) is 3. The van der Waals surface area contributed by atoms with Gasteiger partial charge in [-0.15, -0.1) is 0 Å². The van der Waals surface area contributed by atoms with E-state index in [4.69, 9.17) is 39.6 Å². The molecule has 14 rings (SSSR count). The van der Waals surface area contributed by atoms with Crippen LogP contribution in [0.15, 0.2) is 116 Å². The van der Waals surface area contributed by atoms with Crippen LogP contribution < -0.4 is 20.4 Å². The van der Waals surface area contributed by atoms with E-state index in [9.17, 15) is 34.2 Å². The number of carboxylic acid groups (broad SMARTS) is 1. The summed E-state index contributed by atoms with van der Waals surface area (Å²) in [5.74, 6) is 1.58. The molecule has 0 spiro atoms. The van der Waals surface area contributed by atoms with Gasteiger partial charge >= 0.3 is 24.2 Å². The maximum Gasteiger partial charge on any atom is 0.414 e. The average Bonchev–Trinajstić information content (AvgIpc) is 1.56. The molecule has 540 valence electrons. The van der Waals surface area contributed by atoms with Gasteiger partial charge in [0.25, 0.3) is 0 Å². The molecule has 1 saturated heterocycles. The molecule has 0 bridgehead atoms. The number of likely N-dealkylation sites (N-methyl/N-ethyl adjacent to an activating group) is 1. The highest BCUT2D eigenvalue weighted by Gasteiger charge is 2.38. The van der Waals surface area contributed by atoms with Crippen LogP contribution in [0.1, 0.15) is 150 Å². The first-order valence-corrected chi connectivity index (χ1v) is 35.9. The topological polar surface area (TPSA) is 273 Å². The Morgan fingerprint density at radius 1 is 0.578 bits per heavy atom. The lowest BCUT2D eigenvalue weighted by Gasteiger charge is -2.34. The standard InChI is InChI=1S/C27H31N3O4.C26H30N4O4.C25H36N6O3/c1-17-8-13-21-22(29(17)27(33)34-2)14-15-23-25(21)28-24(16-18-6-4-3-5-7-18)30(23)20-11-9-19(10-12-20)26(31)32;1-16-8-10-19-20(29(16)26(32)33-2)11-12-21-24(19)28-23(14-17-6-4-3-5-7-17)30(21)18-9-13-22(25(27)31)34-15-18;1-18-7-8-19-20(31(18)24(32)34-5)9-10-21-23(19)27-22(11-14-29-13-6-12-26-29)30(21)16-15-28(4)17-25(2,3)33/h3-7,14-15,17,19-20H,8-13,16H2,1-2H3,(H,31,32);3-7,11-12,16,18,22H,8-10,13-15H2,1-2H3,(H2,27,31);6,9-10,12-13,18,33H,7-8,11,14-17H2,1-5H3/t17-,19?,20?;16-,18+,22-;18-/m000/s1. The molecule has 24 heteroatoms. The van der Waals surface area contributed by atoms with Crippen LogP contribution in [0.5, 0.6) is 0 Å². The molecule has 4 N–H and O–H groups in total. The Balaban J connectivity index is 0.000000144. The molecule has 4 aliphatic heterocycles. The maximum atomic E-state index is 12.6. The molecule has 4 aromatic heterocycles. The Kier molecular flexibility index (Phi) is 22.1. The SMILES string of the molecule is COC(=O)N1c2ccc3c(nc(CCn4cccn4)n3CCN(C)CC(C)(C)O)c2CC[C@@H]1C.COC(=O)N1c2ccc3c(nc(Cc4ccccc4)n3C3CCC(C(=O)O)CC3)c2CC[C@@H]1C.COC(=O)N1c2ccc3c(nc(Cc4ccccc4)n3[C@@H]3CC[C@@H](C(N)=O)OC3)c2CC[C@@H]1C. The summed E-state index contributed by atoms with van der Waals surface area (Å²) in [4.78, 5) is 83.5. The third-order valence-electron chi connectivity index (χ3n) is 21.0. The van der Waals surface area contributed by atoms with Crippen molar-refractivity contribution in [3.05, 3.63) is 161 Å². The van der Waals surface area contributed by atoms with Crippen LogP contribution in [0.4, 0.5) is 31.4 Å². The number of carboxylic acids is 1. The van der Waals surface area contributed by atoms with E-state index in [0.717, 1.165) is 168 Å². The van der Waals surface area contributed by atoms with Crippen LogP contribution in [-0.2, 0) is 80.2 Å². The first kappa shape index (κ1) is 72.1. The van der Waals surface area contributed by atoms with Crippen LogP contribution in [0.25, 0.3) is 33.1 Å². The minimum absolute atomic E-state index is 0.0524. The number of amides is 4. The predicted molar refractivity (Wildman–Crippen MR) is 391 cm³/mol. The molecule has 0 unspecified atom stereocenters. The number of aromatic nitrogens is 8. The van der Waals surface area contributed by atoms with Gasteiger partial charge in [0.05, 0.1) is 95.7 Å². The molecule has 4 amide bonds. The summed E-state index contributed by atoms with van der Waals surface area (Å²) in [6, 6.07) is 35.2. The van der Waals surface area contributed by atoms with Crippen LogP contribution in [0, 0.1) is 5.92 Å². The largest absolute Gasteiger partial charge is 0.481 e. The molecule has 5 aliphatic rings. The van der Waals surface area contributed by atoms with Gasteiger partial charge in [0.1, 0.15) is 23.6 Å². The lowest BCUT2D eigenvalue weighted by molar-refractivity contribution is -0.143. The van der Waals surface area contributed by atoms with E-state index in [1.165, 1.54) is 32.5 Å². The number of aryl methyl sites for hydroxylation is 5. The molecule has 1 aliphatic carbocycles. The van der Waals surface area contributed by atoms with Gasteiger partial charge < -0.3 is 53.5 Å². The number of nitrogens with two attached hydrogens (primary N) is 1. The Bertz CT molecular complexity index is 4260. The number of carbonyl (C=O) groups is 5. The number of benzene rings is 5. The van der Waals surface area contributed by atoms with Gasteiger partial charge in [0.15, 0.2) is 0 Å². The van der Waals surface area contributed by atoms with E-state index < -0.39 is 23.6 Å². The summed E-state index contributed by atoms with van der Waals surface area (Å²) in [5, 5.41) is 24.0. The van der Waals surface area contributed by atoms with E-state index in [1.807, 2.05) is 112 Å². The summed E-state index contributed by atoms with van der Waals surface area (Å²) in [5.41, 5.74) is 19.0. The third kappa shape index (κ3) is 15.4. The molecule has 1 saturated carbocycles. The molecular formula is C78H97N13O11. The van der Waals surface area contributed by atoms with Crippen molar-refractivity contribution in [3.8, 4) is 0 Å². The van der Waals surface area contributed by atoms with Gasteiger partial charge in [-0.3, -0.25) is 29.0 Å². The van der Waals surface area contributed by atoms with Crippen LogP contribution in [-0.4, -0.2) is 162 Å². The average molecular weight is 1390 g/mol. The van der Waals surface area contributed by atoms with Gasteiger partial charge in [-0.25, -0.2) is 29.3 Å². The number of hydrogen-bond acceptors (Lipinski definition) is 15. The molecule has 5 aromatic carbocycles. The number of imidazole rings is 3. The Morgan fingerprint density at radius 2 is 1.03 bits per heavy atom. The number of anilines is 3. The number of carbonyl (C=O) groups excluding carboxylic acids is 4. The van der Waals surface area contributed by atoms with Gasteiger partial charge in [0, 0.05) is 98.7 Å². The first-order valence-electron chi connectivity index (χ1n) is 35.9. The maximum absolute atomic E-state index is 12.6. The lowest BCUT2D eigenvalue weighted by atomic mass is 9.85. The van der Waals surface area contributed by atoms with E-state index in [1.54, 1.807) is 20.9 Å². The van der Waals surface area contributed by atoms with Crippen LogP contribution in [0.3, 0.4) is 0 Å². The molecule has 2 fully saturated rings. The quantitative estimate of drug-likeness (QED) is 0.0759. The van der Waals surface area contributed by atoms with Crippen molar-refractivity contribution in [1.82, 2.24) is 43.3 Å². The van der Waals surface area contributed by atoms with Gasteiger partial charge in [0.2, 0.25) is 5.91 Å². The van der Waals surface area contributed by atoms with E-state index in [0.29, 0.717) is 45.3 Å². The fourth-order valence-corrected chi connectivity index (χ4v) is 16.0. The van der Waals surface area contributed by atoms with Gasteiger partial charge in [-0.1, -0.05) is 60.7 Å². The highest BCUT2D eigenvalue weighted by atomic mass is 16.6. The summed E-state index contributed by atoms with van der Waals surface area (Å²) in [7, 11) is 6.28. The van der Waals surface area contributed by atoms with Crippen molar-refractivity contribution in [1.29, 1.82) is 0 Å². The number of aliphatic hydroxyl groups is 1. The second kappa shape index (κ2) is 31.3. The number of ether oxygens (including phenoxy) is 4. The number of fused-ring (bicyclic) bond motifs is 9. The predicted octanol–water partition coefficient (Wildman–Crippen LogP) is 12.2. The summed E-state index contributed by atoms with van der Waals surface area (Å²) < 4.78 is 29.8. The first-order chi connectivity index (χ1) is 49.1. The zero-order chi connectivity index (χ0) is 72.1. The van der Waals surface area contributed by atoms with Gasteiger partial charge in [-0.2, -0.15) is 5.10 Å². The van der Waals surface area contributed by atoms with Crippen molar-refractivity contribution in [2.24, 2.45) is 11.7 Å². The number of aliphatic carboxylic acids is 1. The monoisotopic (exact) mass is 1390 g/mol. The molecule has 0 radical (unpaired) electrons. The molecule has 24 nitrogen and oxygen atoms in total. The van der Waals surface area contributed by atoms with Crippen LogP contribution in [0.2, 0.25) is 0 Å². The molecule has 5 atom stereocenters. The van der Waals surface area contributed by atoms with Crippen molar-refractivity contribution in [3.63, 3.8) is 0 Å². The Hall–Kier alpha value is -9.65. The molecule has 8 heterocycles. The van der Waals surface area contributed by atoms with Crippen LogP contribution >= 0.6 is 0 Å². The number of nitrogens with zero attached hydrogens (tertiary/aromatic N) is 12. The van der Waals surface area contributed by atoms with Gasteiger partial charge in [-0.05, 0) is 172 Å². The molecule has 102 heavy (non-hydrogen) atoms.